The SMILES string of the molecule is O=C(c1n[nH]c2c1CCC2)N1C[C@@H]2CN(c3ccccc3C(F)(F)F)C[C@@H]2C1. The Kier molecular flexibility index (Phi) is 3.93. The van der Waals surface area contributed by atoms with Gasteiger partial charge in [0, 0.05) is 55.0 Å². The van der Waals surface area contributed by atoms with E-state index >= 15 is 0 Å². The minimum atomic E-state index is -4.36. The number of anilines is 1. The molecular weight excluding hydrogens is 369 g/mol. The molecule has 8 heteroatoms. The molecule has 0 spiro atoms. The lowest BCUT2D eigenvalue weighted by Gasteiger charge is -2.25. The average Bonchev–Trinajstić information content (AvgIpc) is 3.39. The van der Waals surface area contributed by atoms with Crippen LogP contribution < -0.4 is 4.90 Å². The molecule has 2 atom stereocenters. The standard InChI is InChI=1S/C20H21F3N4O/c21-20(22,23)15-5-1-2-7-17(15)26-8-12-10-27(11-13(12)9-26)19(28)18-14-4-3-6-16(14)24-25-18/h1-2,5,7,12-13H,3-4,6,8-11H2,(H,24,25)/t12-,13+. The molecule has 1 aromatic carbocycles. The number of fused-ring (bicyclic) bond motifs is 2. The zero-order valence-corrected chi connectivity index (χ0v) is 15.3. The summed E-state index contributed by atoms with van der Waals surface area (Å²) in [4.78, 5) is 16.6. The average molecular weight is 390 g/mol. The molecule has 0 unspecified atom stereocenters. The van der Waals surface area contributed by atoms with Crippen LogP contribution in [0.2, 0.25) is 0 Å². The molecule has 5 rings (SSSR count). The Bertz CT molecular complexity index is 908. The molecule has 1 aromatic heterocycles. The molecule has 1 N–H and O–H groups in total. The van der Waals surface area contributed by atoms with E-state index in [1.807, 2.05) is 9.80 Å². The summed E-state index contributed by atoms with van der Waals surface area (Å²) in [5.41, 5.74) is 2.30. The van der Waals surface area contributed by atoms with Gasteiger partial charge in [0.1, 0.15) is 0 Å². The minimum absolute atomic E-state index is 0.0453. The summed E-state index contributed by atoms with van der Waals surface area (Å²) in [5.74, 6) is 0.338. The van der Waals surface area contributed by atoms with Gasteiger partial charge >= 0.3 is 6.18 Å². The van der Waals surface area contributed by atoms with Crippen molar-refractivity contribution in [2.24, 2.45) is 11.8 Å². The zero-order valence-electron chi connectivity index (χ0n) is 15.3. The van der Waals surface area contributed by atoms with Crippen molar-refractivity contribution >= 4 is 11.6 Å². The highest BCUT2D eigenvalue weighted by molar-refractivity contribution is 5.94. The normalized spacial score (nSPS) is 24.0. The number of H-pyrrole nitrogens is 1. The third kappa shape index (κ3) is 2.77. The fourth-order valence-corrected chi connectivity index (χ4v) is 4.99. The Labute approximate surface area is 160 Å². The number of halogens is 3. The number of carbonyl (C=O) groups is 1. The third-order valence-corrected chi connectivity index (χ3v) is 6.33. The van der Waals surface area contributed by atoms with Crippen LogP contribution in [0.3, 0.4) is 0 Å². The molecule has 0 saturated carbocycles. The molecule has 5 nitrogen and oxygen atoms in total. The van der Waals surface area contributed by atoms with E-state index in [-0.39, 0.29) is 23.4 Å². The fourth-order valence-electron chi connectivity index (χ4n) is 4.99. The van der Waals surface area contributed by atoms with E-state index in [0.29, 0.717) is 31.9 Å². The summed E-state index contributed by atoms with van der Waals surface area (Å²) in [6.45, 7) is 2.24. The highest BCUT2D eigenvalue weighted by atomic mass is 19.4. The van der Waals surface area contributed by atoms with Gasteiger partial charge in [0.05, 0.1) is 5.56 Å². The first-order valence-corrected chi connectivity index (χ1v) is 9.68. The monoisotopic (exact) mass is 390 g/mol. The van der Waals surface area contributed by atoms with Gasteiger partial charge in [0.25, 0.3) is 5.91 Å². The van der Waals surface area contributed by atoms with Crippen molar-refractivity contribution in [3.05, 3.63) is 46.8 Å². The Morgan fingerprint density at radius 2 is 1.79 bits per heavy atom. The van der Waals surface area contributed by atoms with Crippen molar-refractivity contribution < 1.29 is 18.0 Å². The number of amides is 1. The maximum atomic E-state index is 13.3. The number of aromatic amines is 1. The van der Waals surface area contributed by atoms with Crippen molar-refractivity contribution in [3.8, 4) is 0 Å². The van der Waals surface area contributed by atoms with E-state index in [2.05, 4.69) is 10.2 Å². The van der Waals surface area contributed by atoms with Crippen LogP contribution in [0, 0.1) is 11.8 Å². The molecule has 1 amide bonds. The molecule has 148 valence electrons. The first kappa shape index (κ1) is 17.6. The van der Waals surface area contributed by atoms with Crippen molar-refractivity contribution in [3.63, 3.8) is 0 Å². The van der Waals surface area contributed by atoms with E-state index in [4.69, 9.17) is 0 Å². The second-order valence-electron chi connectivity index (χ2n) is 8.03. The van der Waals surface area contributed by atoms with Gasteiger partial charge in [-0.1, -0.05) is 12.1 Å². The topological polar surface area (TPSA) is 52.2 Å². The van der Waals surface area contributed by atoms with E-state index in [1.54, 1.807) is 12.1 Å². The number of nitrogens with zero attached hydrogens (tertiary/aromatic N) is 3. The second kappa shape index (κ2) is 6.25. The van der Waals surface area contributed by atoms with Gasteiger partial charge in [0.15, 0.2) is 5.69 Å². The summed E-state index contributed by atoms with van der Waals surface area (Å²) in [6.07, 6.45) is -1.50. The second-order valence-corrected chi connectivity index (χ2v) is 8.03. The Morgan fingerprint density at radius 1 is 1.07 bits per heavy atom. The number of benzene rings is 1. The number of nitrogens with one attached hydrogen (secondary N) is 1. The van der Waals surface area contributed by atoms with Crippen LogP contribution in [0.5, 0.6) is 0 Å². The van der Waals surface area contributed by atoms with E-state index in [1.165, 1.54) is 6.07 Å². The Balaban J connectivity index is 1.30. The number of aryl methyl sites for hydroxylation is 1. The molecule has 0 radical (unpaired) electrons. The van der Waals surface area contributed by atoms with E-state index < -0.39 is 11.7 Å². The number of hydrogen-bond acceptors (Lipinski definition) is 3. The first-order chi connectivity index (χ1) is 13.4. The maximum absolute atomic E-state index is 13.3. The number of aromatic nitrogens is 2. The minimum Gasteiger partial charge on any atom is -0.370 e. The number of carbonyl (C=O) groups excluding carboxylic acids is 1. The largest absolute Gasteiger partial charge is 0.418 e. The number of hydrogen-bond donors (Lipinski definition) is 1. The van der Waals surface area contributed by atoms with Crippen molar-refractivity contribution in [1.82, 2.24) is 15.1 Å². The van der Waals surface area contributed by atoms with Gasteiger partial charge in [-0.25, -0.2) is 0 Å². The molecule has 3 aliphatic rings. The molecule has 0 bridgehead atoms. The molecular formula is C20H21F3N4O. The lowest BCUT2D eigenvalue weighted by molar-refractivity contribution is -0.137. The molecule has 2 fully saturated rings. The third-order valence-electron chi connectivity index (χ3n) is 6.33. The van der Waals surface area contributed by atoms with E-state index in [0.717, 1.165) is 36.6 Å². The molecule has 2 saturated heterocycles. The molecule has 2 aliphatic heterocycles. The van der Waals surface area contributed by atoms with Crippen LogP contribution in [0.15, 0.2) is 24.3 Å². The van der Waals surface area contributed by atoms with Gasteiger partial charge in [-0.05, 0) is 31.4 Å². The summed E-state index contributed by atoms with van der Waals surface area (Å²) in [6, 6.07) is 5.75. The highest BCUT2D eigenvalue weighted by Crippen LogP contribution is 2.41. The smallest absolute Gasteiger partial charge is 0.370 e. The lowest BCUT2D eigenvalue weighted by atomic mass is 10.0. The molecule has 1 aliphatic carbocycles. The van der Waals surface area contributed by atoms with Gasteiger partial charge < -0.3 is 9.80 Å². The van der Waals surface area contributed by atoms with Crippen LogP contribution in [-0.2, 0) is 19.0 Å². The van der Waals surface area contributed by atoms with Crippen molar-refractivity contribution in [1.29, 1.82) is 0 Å². The summed E-state index contributed by atoms with van der Waals surface area (Å²) in [7, 11) is 0. The van der Waals surface area contributed by atoms with E-state index in [9.17, 15) is 18.0 Å². The van der Waals surface area contributed by atoms with Crippen LogP contribution in [-0.4, -0.2) is 47.2 Å². The maximum Gasteiger partial charge on any atom is 0.418 e. The number of rotatable bonds is 2. The van der Waals surface area contributed by atoms with Crippen LogP contribution in [0.1, 0.15) is 33.7 Å². The molecule has 3 heterocycles. The van der Waals surface area contributed by atoms with Gasteiger partial charge in [0.2, 0.25) is 0 Å². The lowest BCUT2D eigenvalue weighted by Crippen LogP contribution is -2.34. The highest BCUT2D eigenvalue weighted by Gasteiger charge is 2.44. The number of alkyl halides is 3. The Morgan fingerprint density at radius 3 is 2.50 bits per heavy atom. The quantitative estimate of drug-likeness (QED) is 0.857. The summed E-state index contributed by atoms with van der Waals surface area (Å²) >= 11 is 0. The van der Waals surface area contributed by atoms with Gasteiger partial charge in [-0.15, -0.1) is 0 Å². The molecule has 2 aromatic rings. The number of para-hydroxylation sites is 1. The van der Waals surface area contributed by atoms with Gasteiger partial charge in [-0.3, -0.25) is 9.89 Å². The number of likely N-dealkylation sites (tertiary alicyclic amines) is 1. The summed E-state index contributed by atoms with van der Waals surface area (Å²) < 4.78 is 40.0. The van der Waals surface area contributed by atoms with Crippen LogP contribution in [0.4, 0.5) is 18.9 Å². The van der Waals surface area contributed by atoms with Crippen LogP contribution in [0.25, 0.3) is 0 Å². The summed E-state index contributed by atoms with van der Waals surface area (Å²) in [5, 5.41) is 7.20. The fraction of sp³-hybridized carbons (Fsp3) is 0.500. The predicted octanol–water partition coefficient (Wildman–Crippen LogP) is 3.13. The van der Waals surface area contributed by atoms with Crippen molar-refractivity contribution in [2.75, 3.05) is 31.1 Å². The van der Waals surface area contributed by atoms with Crippen molar-refractivity contribution in [2.45, 2.75) is 25.4 Å². The first-order valence-electron chi connectivity index (χ1n) is 9.68. The predicted molar refractivity (Wildman–Crippen MR) is 97.2 cm³/mol. The van der Waals surface area contributed by atoms with Gasteiger partial charge in [-0.2, -0.15) is 18.3 Å². The Hall–Kier alpha value is -2.51. The molecule has 28 heavy (non-hydrogen) atoms. The zero-order chi connectivity index (χ0) is 19.5. The van der Waals surface area contributed by atoms with Crippen LogP contribution >= 0.6 is 0 Å².